The van der Waals surface area contributed by atoms with Crippen LogP contribution in [0.3, 0.4) is 0 Å². The fourth-order valence-electron chi connectivity index (χ4n) is 1.49. The van der Waals surface area contributed by atoms with Crippen LogP contribution in [0.1, 0.15) is 30.9 Å². The van der Waals surface area contributed by atoms with E-state index in [0.29, 0.717) is 17.2 Å². The molecule has 0 aromatic heterocycles. The number of hydrogen-bond donors (Lipinski definition) is 0. The predicted octanol–water partition coefficient (Wildman–Crippen LogP) is 3.73. The van der Waals surface area contributed by atoms with E-state index in [0.717, 1.165) is 5.56 Å². The second kappa shape index (κ2) is 5.14. The first-order valence-electron chi connectivity index (χ1n) is 5.09. The molecule has 1 aromatic rings. The van der Waals surface area contributed by atoms with Gasteiger partial charge in [-0.3, -0.25) is 0 Å². The van der Waals surface area contributed by atoms with E-state index in [1.807, 2.05) is 19.9 Å². The van der Waals surface area contributed by atoms with Crippen molar-refractivity contribution in [1.82, 2.24) is 0 Å². The second-order valence-electron chi connectivity index (χ2n) is 3.90. The van der Waals surface area contributed by atoms with Gasteiger partial charge in [-0.25, -0.2) is 0 Å². The lowest BCUT2D eigenvalue weighted by Gasteiger charge is -2.15. The van der Waals surface area contributed by atoms with E-state index in [4.69, 9.17) is 4.74 Å². The molecule has 1 aromatic carbocycles. The van der Waals surface area contributed by atoms with Crippen molar-refractivity contribution in [3.8, 4) is 11.5 Å². The molecule has 0 saturated heterocycles. The second-order valence-corrected chi connectivity index (χ2v) is 3.90. The normalized spacial score (nSPS) is 11.0. The fraction of sp³-hybridized carbons (Fsp3) is 0.500. The Balaban J connectivity index is 3.17. The zero-order valence-electron chi connectivity index (χ0n) is 9.88. The topological polar surface area (TPSA) is 18.5 Å². The minimum Gasteiger partial charge on any atom is -0.493 e. The summed E-state index contributed by atoms with van der Waals surface area (Å²) >= 11 is 0. The predicted molar refractivity (Wildman–Crippen MR) is 58.5 cm³/mol. The Bertz CT molecular complexity index is 362. The van der Waals surface area contributed by atoms with Gasteiger partial charge in [0.2, 0.25) is 0 Å². The Morgan fingerprint density at radius 1 is 1.19 bits per heavy atom. The standard InChI is InChI=1S/C12H16F2O2/c1-7(2)9-5-8(3)11(16-12(13)14)10(6-9)15-4/h5-7,12H,1-4H3. The number of halogens is 2. The summed E-state index contributed by atoms with van der Waals surface area (Å²) in [4.78, 5) is 0. The Labute approximate surface area is 94.2 Å². The molecule has 0 N–H and O–H groups in total. The minimum atomic E-state index is -2.84. The molecule has 16 heavy (non-hydrogen) atoms. The Morgan fingerprint density at radius 2 is 1.81 bits per heavy atom. The molecule has 0 aliphatic heterocycles. The van der Waals surface area contributed by atoms with Crippen molar-refractivity contribution in [3.05, 3.63) is 23.3 Å². The van der Waals surface area contributed by atoms with E-state index in [1.165, 1.54) is 7.11 Å². The Hall–Kier alpha value is -1.32. The quantitative estimate of drug-likeness (QED) is 0.784. The van der Waals surface area contributed by atoms with Gasteiger partial charge in [-0.15, -0.1) is 0 Å². The van der Waals surface area contributed by atoms with Crippen molar-refractivity contribution in [2.24, 2.45) is 0 Å². The first-order chi connectivity index (χ1) is 7.45. The molecule has 0 atom stereocenters. The molecule has 0 heterocycles. The van der Waals surface area contributed by atoms with Gasteiger partial charge in [0.05, 0.1) is 7.11 Å². The smallest absolute Gasteiger partial charge is 0.387 e. The molecule has 1 rings (SSSR count). The van der Waals surface area contributed by atoms with Crippen LogP contribution in [0.5, 0.6) is 11.5 Å². The summed E-state index contributed by atoms with van der Waals surface area (Å²) < 4.78 is 33.9. The van der Waals surface area contributed by atoms with E-state index in [-0.39, 0.29) is 5.75 Å². The monoisotopic (exact) mass is 230 g/mol. The summed E-state index contributed by atoms with van der Waals surface area (Å²) in [5.41, 5.74) is 1.69. The van der Waals surface area contributed by atoms with Crippen LogP contribution < -0.4 is 9.47 Å². The lowest BCUT2D eigenvalue weighted by molar-refractivity contribution is -0.0516. The van der Waals surface area contributed by atoms with Crippen molar-refractivity contribution >= 4 is 0 Å². The SMILES string of the molecule is COc1cc(C(C)C)cc(C)c1OC(F)F. The molecular formula is C12H16F2O2. The fourth-order valence-corrected chi connectivity index (χ4v) is 1.49. The largest absolute Gasteiger partial charge is 0.493 e. The van der Waals surface area contributed by atoms with Crippen LogP contribution in [0.15, 0.2) is 12.1 Å². The number of benzene rings is 1. The highest BCUT2D eigenvalue weighted by Crippen LogP contribution is 2.35. The van der Waals surface area contributed by atoms with Gasteiger partial charge in [0.15, 0.2) is 11.5 Å². The maximum atomic E-state index is 12.2. The van der Waals surface area contributed by atoms with Gasteiger partial charge in [-0.1, -0.05) is 19.9 Å². The van der Waals surface area contributed by atoms with E-state index in [1.54, 1.807) is 13.0 Å². The summed E-state index contributed by atoms with van der Waals surface area (Å²) in [6.07, 6.45) is 0. The van der Waals surface area contributed by atoms with Crippen molar-refractivity contribution < 1.29 is 18.3 Å². The first-order valence-corrected chi connectivity index (χ1v) is 5.09. The molecule has 0 amide bonds. The van der Waals surface area contributed by atoms with Crippen molar-refractivity contribution in [2.45, 2.75) is 33.3 Å². The van der Waals surface area contributed by atoms with E-state index >= 15 is 0 Å². The van der Waals surface area contributed by atoms with Gasteiger partial charge in [-0.2, -0.15) is 8.78 Å². The summed E-state index contributed by atoms with van der Waals surface area (Å²) in [6, 6.07) is 3.57. The molecule has 0 fully saturated rings. The van der Waals surface area contributed by atoms with Crippen molar-refractivity contribution in [3.63, 3.8) is 0 Å². The highest BCUT2D eigenvalue weighted by molar-refractivity contribution is 5.49. The van der Waals surface area contributed by atoms with Crippen molar-refractivity contribution in [1.29, 1.82) is 0 Å². The van der Waals surface area contributed by atoms with Crippen LogP contribution in [-0.2, 0) is 0 Å². The van der Waals surface area contributed by atoms with E-state index in [2.05, 4.69) is 4.74 Å². The third-order valence-electron chi connectivity index (χ3n) is 2.36. The van der Waals surface area contributed by atoms with Gasteiger partial charge in [0, 0.05) is 0 Å². The van der Waals surface area contributed by atoms with Gasteiger partial charge in [0.25, 0.3) is 0 Å². The highest BCUT2D eigenvalue weighted by atomic mass is 19.3. The zero-order chi connectivity index (χ0) is 12.3. The molecule has 0 radical (unpaired) electrons. The third kappa shape index (κ3) is 2.84. The van der Waals surface area contributed by atoms with Crippen LogP contribution >= 0.6 is 0 Å². The highest BCUT2D eigenvalue weighted by Gasteiger charge is 2.15. The maximum Gasteiger partial charge on any atom is 0.387 e. The van der Waals surface area contributed by atoms with Crippen LogP contribution in [0.25, 0.3) is 0 Å². The lowest BCUT2D eigenvalue weighted by atomic mass is 10.00. The molecule has 4 heteroatoms. The number of methoxy groups -OCH3 is 1. The zero-order valence-corrected chi connectivity index (χ0v) is 9.88. The van der Waals surface area contributed by atoms with Crippen LogP contribution in [0.2, 0.25) is 0 Å². The number of hydrogen-bond acceptors (Lipinski definition) is 2. The van der Waals surface area contributed by atoms with Crippen molar-refractivity contribution in [2.75, 3.05) is 7.11 Å². The van der Waals surface area contributed by atoms with Crippen LogP contribution in [0, 0.1) is 6.92 Å². The van der Waals surface area contributed by atoms with Gasteiger partial charge in [0.1, 0.15) is 0 Å². The molecule has 0 bridgehead atoms. The Kier molecular flexibility index (Phi) is 4.10. The molecule has 0 saturated carbocycles. The van der Waals surface area contributed by atoms with E-state index in [9.17, 15) is 8.78 Å². The molecule has 0 aliphatic rings. The molecule has 0 aliphatic carbocycles. The summed E-state index contributed by atoms with van der Waals surface area (Å²) in [6.45, 7) is 2.95. The van der Waals surface area contributed by atoms with Gasteiger partial charge < -0.3 is 9.47 Å². The number of aryl methyl sites for hydroxylation is 1. The lowest BCUT2D eigenvalue weighted by Crippen LogP contribution is -2.06. The average Bonchev–Trinajstić information content (AvgIpc) is 2.19. The van der Waals surface area contributed by atoms with Gasteiger partial charge >= 0.3 is 6.61 Å². The minimum absolute atomic E-state index is 0.113. The molecule has 0 unspecified atom stereocenters. The number of rotatable bonds is 4. The van der Waals surface area contributed by atoms with Gasteiger partial charge in [-0.05, 0) is 30.0 Å². The molecule has 0 spiro atoms. The van der Waals surface area contributed by atoms with E-state index < -0.39 is 6.61 Å². The maximum absolute atomic E-state index is 12.2. The first kappa shape index (κ1) is 12.7. The number of ether oxygens (including phenoxy) is 2. The third-order valence-corrected chi connectivity index (χ3v) is 2.36. The summed E-state index contributed by atoms with van der Waals surface area (Å²) in [5.74, 6) is 0.777. The molecular weight excluding hydrogens is 214 g/mol. The molecule has 2 nitrogen and oxygen atoms in total. The summed E-state index contributed by atoms with van der Waals surface area (Å²) in [7, 11) is 1.44. The molecule has 90 valence electrons. The summed E-state index contributed by atoms with van der Waals surface area (Å²) in [5, 5.41) is 0. The van der Waals surface area contributed by atoms with Crippen LogP contribution in [0.4, 0.5) is 8.78 Å². The average molecular weight is 230 g/mol. The van der Waals surface area contributed by atoms with Crippen LogP contribution in [-0.4, -0.2) is 13.7 Å². The number of alkyl halides is 2. The Morgan fingerprint density at radius 3 is 2.25 bits per heavy atom.